The van der Waals surface area contributed by atoms with Crippen LogP contribution in [0.1, 0.15) is 80.1 Å². The monoisotopic (exact) mass is 490 g/mol. The van der Waals surface area contributed by atoms with Crippen LogP contribution in [0.2, 0.25) is 0 Å². The van der Waals surface area contributed by atoms with Crippen molar-refractivity contribution in [1.82, 2.24) is 9.78 Å². The number of rotatable bonds is 13. The zero-order valence-corrected chi connectivity index (χ0v) is 22.1. The van der Waals surface area contributed by atoms with Crippen molar-refractivity contribution in [3.63, 3.8) is 0 Å². The predicted molar refractivity (Wildman–Crippen MR) is 143 cm³/mol. The molecule has 0 unspecified atom stereocenters. The highest BCUT2D eigenvalue weighted by Crippen LogP contribution is 2.26. The van der Waals surface area contributed by atoms with Gasteiger partial charge in [0.1, 0.15) is 5.75 Å². The lowest BCUT2D eigenvalue weighted by Gasteiger charge is -2.23. The third kappa shape index (κ3) is 7.06. The quantitative estimate of drug-likeness (QED) is 0.210. The lowest BCUT2D eigenvalue weighted by atomic mass is 10.0. The second-order valence-electron chi connectivity index (χ2n) is 9.99. The fourth-order valence-corrected chi connectivity index (χ4v) is 4.05. The molecule has 0 aliphatic heterocycles. The van der Waals surface area contributed by atoms with Gasteiger partial charge in [-0.1, -0.05) is 56.0 Å². The SMILES string of the molecule is CCCCCCn1nc(-c2ccc(C)cc2)cc1CCC(=O)c1ccc(OC(C)(C)C(=O)O)c(C)c1. The number of Topliss-reactive ketones (excluding diaryl/α,β-unsaturated/α-hetero) is 1. The number of aliphatic carboxylic acids is 1. The normalized spacial score (nSPS) is 11.5. The van der Waals surface area contributed by atoms with Gasteiger partial charge in [0.25, 0.3) is 0 Å². The molecule has 3 rings (SSSR count). The van der Waals surface area contributed by atoms with Crippen molar-refractivity contribution in [3.05, 3.63) is 70.9 Å². The molecule has 2 aromatic carbocycles. The molecule has 6 nitrogen and oxygen atoms in total. The highest BCUT2D eigenvalue weighted by Gasteiger charge is 2.30. The first kappa shape index (κ1) is 27.2. The molecular formula is C30H38N2O4. The minimum absolute atomic E-state index is 0.0396. The highest BCUT2D eigenvalue weighted by atomic mass is 16.5. The minimum Gasteiger partial charge on any atom is -0.478 e. The third-order valence-electron chi connectivity index (χ3n) is 6.42. The summed E-state index contributed by atoms with van der Waals surface area (Å²) in [7, 11) is 0. The summed E-state index contributed by atoms with van der Waals surface area (Å²) in [5.74, 6) is -0.539. The number of carbonyl (C=O) groups excluding carboxylic acids is 1. The van der Waals surface area contributed by atoms with Crippen LogP contribution in [0.15, 0.2) is 48.5 Å². The second kappa shape index (κ2) is 12.0. The van der Waals surface area contributed by atoms with Crippen molar-refractivity contribution in [2.24, 2.45) is 0 Å². The number of aromatic nitrogens is 2. The number of carboxylic acid groups (broad SMARTS) is 1. The van der Waals surface area contributed by atoms with Crippen molar-refractivity contribution >= 4 is 11.8 Å². The van der Waals surface area contributed by atoms with Crippen LogP contribution in [-0.2, 0) is 17.8 Å². The van der Waals surface area contributed by atoms with Gasteiger partial charge in [0.15, 0.2) is 11.4 Å². The predicted octanol–water partition coefficient (Wildman–Crippen LogP) is 6.80. The number of benzene rings is 2. The maximum atomic E-state index is 13.0. The Labute approximate surface area is 214 Å². The van der Waals surface area contributed by atoms with Crippen LogP contribution in [0.25, 0.3) is 11.3 Å². The second-order valence-corrected chi connectivity index (χ2v) is 9.99. The Morgan fingerprint density at radius 3 is 2.36 bits per heavy atom. The molecule has 0 saturated heterocycles. The van der Waals surface area contributed by atoms with E-state index in [1.807, 2.05) is 6.92 Å². The Kier molecular flexibility index (Phi) is 9.08. The van der Waals surface area contributed by atoms with Crippen molar-refractivity contribution in [2.75, 3.05) is 0 Å². The standard InChI is InChI=1S/C30H38N2O4/c1-6-7-8-9-18-32-25(20-26(31-32)23-12-10-21(2)11-13-23)15-16-27(33)24-14-17-28(22(3)19-24)36-30(4,5)29(34)35/h10-14,17,19-20H,6-9,15-16,18H2,1-5H3,(H,34,35). The number of nitrogens with zero attached hydrogens (tertiary/aromatic N) is 2. The number of ketones is 1. The molecule has 0 bridgehead atoms. The zero-order valence-electron chi connectivity index (χ0n) is 22.1. The average molecular weight is 491 g/mol. The molecular weight excluding hydrogens is 452 g/mol. The summed E-state index contributed by atoms with van der Waals surface area (Å²) in [6.45, 7) is 9.95. The Bertz CT molecular complexity index is 1190. The van der Waals surface area contributed by atoms with E-state index in [-0.39, 0.29) is 5.78 Å². The van der Waals surface area contributed by atoms with Gasteiger partial charge in [0, 0.05) is 29.8 Å². The largest absolute Gasteiger partial charge is 0.478 e. The Balaban J connectivity index is 1.73. The average Bonchev–Trinajstić information content (AvgIpc) is 3.24. The van der Waals surface area contributed by atoms with Crippen molar-refractivity contribution in [1.29, 1.82) is 0 Å². The minimum atomic E-state index is -1.35. The summed E-state index contributed by atoms with van der Waals surface area (Å²) in [4.78, 5) is 24.4. The topological polar surface area (TPSA) is 81.4 Å². The van der Waals surface area contributed by atoms with Crippen LogP contribution >= 0.6 is 0 Å². The van der Waals surface area contributed by atoms with E-state index in [1.165, 1.54) is 38.7 Å². The molecule has 3 aromatic rings. The lowest BCUT2D eigenvalue weighted by Crippen LogP contribution is -2.38. The summed E-state index contributed by atoms with van der Waals surface area (Å²) in [6, 6.07) is 15.6. The summed E-state index contributed by atoms with van der Waals surface area (Å²) < 4.78 is 7.72. The first-order valence-corrected chi connectivity index (χ1v) is 12.8. The lowest BCUT2D eigenvalue weighted by molar-refractivity contribution is -0.152. The Morgan fingerprint density at radius 1 is 1.00 bits per heavy atom. The molecule has 0 amide bonds. The summed E-state index contributed by atoms with van der Waals surface area (Å²) >= 11 is 0. The van der Waals surface area contributed by atoms with Gasteiger partial charge in [0.2, 0.25) is 0 Å². The van der Waals surface area contributed by atoms with E-state index >= 15 is 0 Å². The third-order valence-corrected chi connectivity index (χ3v) is 6.42. The molecule has 1 N–H and O–H groups in total. The molecule has 0 saturated carbocycles. The smallest absolute Gasteiger partial charge is 0.347 e. The number of hydrogen-bond acceptors (Lipinski definition) is 4. The van der Waals surface area contributed by atoms with E-state index in [9.17, 15) is 14.7 Å². The highest BCUT2D eigenvalue weighted by molar-refractivity contribution is 5.96. The van der Waals surface area contributed by atoms with E-state index in [0.29, 0.717) is 24.2 Å². The molecule has 1 aromatic heterocycles. The van der Waals surface area contributed by atoms with Crippen LogP contribution in [0.3, 0.4) is 0 Å². The van der Waals surface area contributed by atoms with Crippen LogP contribution in [0, 0.1) is 13.8 Å². The van der Waals surface area contributed by atoms with Gasteiger partial charge < -0.3 is 9.84 Å². The first-order chi connectivity index (χ1) is 17.1. The maximum Gasteiger partial charge on any atom is 0.347 e. The van der Waals surface area contributed by atoms with Crippen LogP contribution in [0.4, 0.5) is 0 Å². The van der Waals surface area contributed by atoms with Gasteiger partial charge in [-0.05, 0) is 70.4 Å². The van der Waals surface area contributed by atoms with Crippen LogP contribution in [-0.4, -0.2) is 32.2 Å². The molecule has 36 heavy (non-hydrogen) atoms. The van der Waals surface area contributed by atoms with E-state index in [4.69, 9.17) is 9.84 Å². The first-order valence-electron chi connectivity index (χ1n) is 12.8. The fourth-order valence-electron chi connectivity index (χ4n) is 4.05. The maximum absolute atomic E-state index is 13.0. The number of carboxylic acids is 1. The number of unbranched alkanes of at least 4 members (excludes halogenated alkanes) is 3. The van der Waals surface area contributed by atoms with E-state index in [2.05, 4.69) is 48.9 Å². The van der Waals surface area contributed by atoms with Crippen molar-refractivity contribution in [3.8, 4) is 17.0 Å². The van der Waals surface area contributed by atoms with Gasteiger partial charge in [-0.2, -0.15) is 5.10 Å². The molecule has 0 atom stereocenters. The molecule has 192 valence electrons. The molecule has 0 aliphatic rings. The fraction of sp³-hybridized carbons (Fsp3) is 0.433. The number of ether oxygens (including phenoxy) is 1. The molecule has 0 spiro atoms. The Hall–Kier alpha value is -3.41. The summed E-state index contributed by atoms with van der Waals surface area (Å²) in [6.07, 6.45) is 5.61. The van der Waals surface area contributed by atoms with Crippen molar-refractivity contribution in [2.45, 2.75) is 85.3 Å². The number of aryl methyl sites for hydroxylation is 4. The van der Waals surface area contributed by atoms with Crippen LogP contribution < -0.4 is 4.74 Å². The summed E-state index contributed by atoms with van der Waals surface area (Å²) in [5, 5.41) is 14.2. The zero-order chi connectivity index (χ0) is 26.3. The molecule has 0 radical (unpaired) electrons. The van der Waals surface area contributed by atoms with Gasteiger partial charge in [-0.25, -0.2) is 4.79 Å². The van der Waals surface area contributed by atoms with E-state index in [1.54, 1.807) is 18.2 Å². The number of hydrogen-bond donors (Lipinski definition) is 1. The molecule has 6 heteroatoms. The van der Waals surface area contributed by atoms with Crippen molar-refractivity contribution < 1.29 is 19.4 Å². The van der Waals surface area contributed by atoms with Gasteiger partial charge >= 0.3 is 5.97 Å². The van der Waals surface area contributed by atoms with E-state index in [0.717, 1.165) is 35.5 Å². The Morgan fingerprint density at radius 2 is 1.72 bits per heavy atom. The summed E-state index contributed by atoms with van der Waals surface area (Å²) in [5.41, 5.74) is 4.28. The van der Waals surface area contributed by atoms with Gasteiger partial charge in [0.05, 0.1) is 5.69 Å². The van der Waals surface area contributed by atoms with Crippen LogP contribution in [0.5, 0.6) is 5.75 Å². The molecule has 1 heterocycles. The van der Waals surface area contributed by atoms with Gasteiger partial charge in [-0.3, -0.25) is 9.48 Å². The molecule has 0 aliphatic carbocycles. The van der Waals surface area contributed by atoms with E-state index < -0.39 is 11.6 Å². The van der Waals surface area contributed by atoms with Gasteiger partial charge in [-0.15, -0.1) is 0 Å². The molecule has 0 fully saturated rings. The number of carbonyl (C=O) groups is 2.